The van der Waals surface area contributed by atoms with E-state index in [1.807, 2.05) is 19.1 Å². The summed E-state index contributed by atoms with van der Waals surface area (Å²) in [4.78, 5) is 13.6. The van der Waals surface area contributed by atoms with E-state index < -0.39 is 0 Å². The molecule has 26 heavy (non-hydrogen) atoms. The van der Waals surface area contributed by atoms with Gasteiger partial charge in [0.2, 0.25) is 5.88 Å². The molecule has 3 aromatic heterocycles. The predicted octanol–water partition coefficient (Wildman–Crippen LogP) is 6.03. The standard InChI is InChI=1S/C19H19N5OS/c1-9(2)12-5-6-14-13(7-12)16(18(25)22-14)23-24-17-15-10(3)11(4)26-19(15)21-8-20-17/h5-9,22,25H,1-4H3. The molecule has 4 rings (SSSR count). The molecule has 3 heterocycles. The van der Waals surface area contributed by atoms with E-state index in [0.717, 1.165) is 26.7 Å². The van der Waals surface area contributed by atoms with Crippen LogP contribution in [0.15, 0.2) is 34.8 Å². The number of azo groups is 1. The first-order valence-corrected chi connectivity index (χ1v) is 9.24. The summed E-state index contributed by atoms with van der Waals surface area (Å²) in [7, 11) is 0. The van der Waals surface area contributed by atoms with Crippen molar-refractivity contribution in [2.75, 3.05) is 0 Å². The van der Waals surface area contributed by atoms with Gasteiger partial charge in [0.05, 0.1) is 10.9 Å². The molecule has 6 nitrogen and oxygen atoms in total. The zero-order valence-electron chi connectivity index (χ0n) is 15.0. The Bertz CT molecular complexity index is 1160. The van der Waals surface area contributed by atoms with Crippen molar-refractivity contribution in [2.45, 2.75) is 33.6 Å². The van der Waals surface area contributed by atoms with Gasteiger partial charge >= 0.3 is 0 Å². The summed E-state index contributed by atoms with van der Waals surface area (Å²) in [5.41, 5.74) is 3.56. The molecule has 0 fully saturated rings. The highest BCUT2D eigenvalue weighted by Crippen LogP contribution is 2.39. The number of rotatable bonds is 3. The fraction of sp³-hybridized carbons (Fsp3) is 0.263. The van der Waals surface area contributed by atoms with Gasteiger partial charge in [0.25, 0.3) is 0 Å². The third-order valence-corrected chi connectivity index (χ3v) is 5.75. The number of thiophene rings is 1. The largest absolute Gasteiger partial charge is 0.493 e. The van der Waals surface area contributed by atoms with Gasteiger partial charge in [-0.15, -0.1) is 21.6 Å². The molecule has 0 aliphatic heterocycles. The lowest BCUT2D eigenvalue weighted by atomic mass is 10.0. The summed E-state index contributed by atoms with van der Waals surface area (Å²) in [5, 5.41) is 20.7. The van der Waals surface area contributed by atoms with E-state index in [1.54, 1.807) is 11.3 Å². The summed E-state index contributed by atoms with van der Waals surface area (Å²) in [5.74, 6) is 0.915. The number of fused-ring (bicyclic) bond motifs is 2. The van der Waals surface area contributed by atoms with Crippen LogP contribution in [0.25, 0.3) is 21.1 Å². The van der Waals surface area contributed by atoms with Crippen LogP contribution in [0.3, 0.4) is 0 Å². The maximum absolute atomic E-state index is 10.3. The number of nitrogens with zero attached hydrogens (tertiary/aromatic N) is 4. The zero-order chi connectivity index (χ0) is 18.4. The number of hydrogen-bond donors (Lipinski definition) is 2. The van der Waals surface area contributed by atoms with E-state index in [2.05, 4.69) is 52.0 Å². The maximum atomic E-state index is 10.3. The number of benzene rings is 1. The van der Waals surface area contributed by atoms with Crippen molar-refractivity contribution in [3.63, 3.8) is 0 Å². The third-order valence-electron chi connectivity index (χ3n) is 4.63. The maximum Gasteiger partial charge on any atom is 0.218 e. The highest BCUT2D eigenvalue weighted by molar-refractivity contribution is 7.18. The van der Waals surface area contributed by atoms with E-state index in [0.29, 0.717) is 17.4 Å². The van der Waals surface area contributed by atoms with Crippen LogP contribution in [0.4, 0.5) is 11.5 Å². The fourth-order valence-corrected chi connectivity index (χ4v) is 3.97. The van der Waals surface area contributed by atoms with Crippen LogP contribution in [0.2, 0.25) is 0 Å². The van der Waals surface area contributed by atoms with Crippen LogP contribution in [0.5, 0.6) is 5.88 Å². The van der Waals surface area contributed by atoms with E-state index in [1.165, 1.54) is 16.8 Å². The molecule has 0 unspecified atom stereocenters. The van der Waals surface area contributed by atoms with Gasteiger partial charge in [-0.3, -0.25) is 0 Å². The highest BCUT2D eigenvalue weighted by Gasteiger charge is 2.14. The SMILES string of the molecule is Cc1sc2ncnc(N=Nc3c(O)[nH]c4ccc(C(C)C)cc34)c2c1C. The lowest BCUT2D eigenvalue weighted by molar-refractivity contribution is 0.459. The Labute approximate surface area is 154 Å². The van der Waals surface area contributed by atoms with Crippen LogP contribution in [-0.2, 0) is 0 Å². The van der Waals surface area contributed by atoms with E-state index in [-0.39, 0.29) is 5.88 Å². The molecule has 0 saturated carbocycles. The van der Waals surface area contributed by atoms with Gasteiger partial charge in [0, 0.05) is 10.3 Å². The molecule has 0 amide bonds. The fourth-order valence-electron chi connectivity index (χ4n) is 2.98. The molecule has 0 spiro atoms. The van der Waals surface area contributed by atoms with E-state index >= 15 is 0 Å². The molecule has 0 aliphatic carbocycles. The van der Waals surface area contributed by atoms with Gasteiger partial charge in [-0.1, -0.05) is 19.9 Å². The average molecular weight is 365 g/mol. The Morgan fingerprint density at radius 2 is 1.96 bits per heavy atom. The lowest BCUT2D eigenvalue weighted by Gasteiger charge is -2.04. The monoisotopic (exact) mass is 365 g/mol. The Hall–Kier alpha value is -2.80. The normalized spacial score (nSPS) is 12.2. The Morgan fingerprint density at radius 1 is 1.15 bits per heavy atom. The van der Waals surface area contributed by atoms with Crippen LogP contribution >= 0.6 is 11.3 Å². The van der Waals surface area contributed by atoms with Crippen molar-refractivity contribution in [2.24, 2.45) is 10.2 Å². The number of nitrogens with one attached hydrogen (secondary N) is 1. The first kappa shape index (κ1) is 16.7. The van der Waals surface area contributed by atoms with Gasteiger partial charge in [0.1, 0.15) is 11.2 Å². The number of aromatic nitrogens is 3. The topological polar surface area (TPSA) is 86.5 Å². The van der Waals surface area contributed by atoms with Gasteiger partial charge in [-0.2, -0.15) is 0 Å². The Kier molecular flexibility index (Phi) is 3.96. The Morgan fingerprint density at radius 3 is 2.73 bits per heavy atom. The second-order valence-electron chi connectivity index (χ2n) is 6.64. The molecule has 4 aromatic rings. The molecule has 0 saturated heterocycles. The summed E-state index contributed by atoms with van der Waals surface area (Å²) >= 11 is 1.62. The van der Waals surface area contributed by atoms with Crippen LogP contribution in [0.1, 0.15) is 35.8 Å². The Balaban J connectivity index is 1.85. The predicted molar refractivity (Wildman–Crippen MR) is 105 cm³/mol. The first-order chi connectivity index (χ1) is 12.5. The minimum absolute atomic E-state index is 0.00757. The lowest BCUT2D eigenvalue weighted by Crippen LogP contribution is -1.85. The number of aromatic hydroxyl groups is 1. The van der Waals surface area contributed by atoms with Crippen molar-refractivity contribution >= 4 is 44.0 Å². The molecular weight excluding hydrogens is 346 g/mol. The van der Waals surface area contributed by atoms with E-state index in [4.69, 9.17) is 0 Å². The smallest absolute Gasteiger partial charge is 0.218 e. The molecule has 7 heteroatoms. The molecule has 0 atom stereocenters. The zero-order valence-corrected chi connectivity index (χ0v) is 15.8. The van der Waals surface area contributed by atoms with Gasteiger partial charge in [0.15, 0.2) is 11.5 Å². The minimum Gasteiger partial charge on any atom is -0.493 e. The molecule has 1 aromatic carbocycles. The average Bonchev–Trinajstić information content (AvgIpc) is 3.08. The molecule has 132 valence electrons. The van der Waals surface area contributed by atoms with Crippen molar-refractivity contribution in [3.8, 4) is 5.88 Å². The molecular formula is C19H19N5OS. The third kappa shape index (κ3) is 2.64. The molecule has 0 aliphatic rings. The molecule has 0 radical (unpaired) electrons. The van der Waals surface area contributed by atoms with Crippen molar-refractivity contribution in [3.05, 3.63) is 40.5 Å². The van der Waals surface area contributed by atoms with Crippen LogP contribution < -0.4 is 0 Å². The number of H-pyrrole nitrogens is 1. The molecule has 2 N–H and O–H groups in total. The number of hydrogen-bond acceptors (Lipinski definition) is 6. The van der Waals surface area contributed by atoms with Crippen molar-refractivity contribution in [1.82, 2.24) is 15.0 Å². The molecule has 0 bridgehead atoms. The first-order valence-electron chi connectivity index (χ1n) is 8.42. The number of aryl methyl sites for hydroxylation is 2. The van der Waals surface area contributed by atoms with Gasteiger partial charge in [-0.25, -0.2) is 9.97 Å². The summed E-state index contributed by atoms with van der Waals surface area (Å²) < 4.78 is 0. The second-order valence-corrected chi connectivity index (χ2v) is 7.85. The minimum atomic E-state index is 0.00757. The van der Waals surface area contributed by atoms with Crippen molar-refractivity contribution < 1.29 is 5.11 Å². The summed E-state index contributed by atoms with van der Waals surface area (Å²) in [6, 6.07) is 6.05. The van der Waals surface area contributed by atoms with Crippen LogP contribution in [-0.4, -0.2) is 20.1 Å². The van der Waals surface area contributed by atoms with Crippen molar-refractivity contribution in [1.29, 1.82) is 0 Å². The summed E-state index contributed by atoms with van der Waals surface area (Å²) in [6.45, 7) is 8.36. The van der Waals surface area contributed by atoms with Gasteiger partial charge in [-0.05, 0) is 43.0 Å². The van der Waals surface area contributed by atoms with Crippen LogP contribution in [0, 0.1) is 13.8 Å². The van der Waals surface area contributed by atoms with Gasteiger partial charge < -0.3 is 10.1 Å². The second kappa shape index (κ2) is 6.17. The quantitative estimate of drug-likeness (QED) is 0.434. The van der Waals surface area contributed by atoms with E-state index in [9.17, 15) is 5.11 Å². The highest BCUT2D eigenvalue weighted by atomic mass is 32.1. The summed E-state index contributed by atoms with van der Waals surface area (Å²) in [6.07, 6.45) is 1.50. The number of aromatic amines is 1.